The Bertz CT molecular complexity index is 476. The second kappa shape index (κ2) is 4.03. The van der Waals surface area contributed by atoms with E-state index in [4.69, 9.17) is 11.3 Å². The first kappa shape index (κ1) is 10.2. The average molecular weight is 268 g/mol. The van der Waals surface area contributed by atoms with Crippen molar-refractivity contribution in [2.24, 2.45) is 0 Å². The zero-order chi connectivity index (χ0) is 10.8. The lowest BCUT2D eigenvalue weighted by Gasteiger charge is -2.11. The van der Waals surface area contributed by atoms with Gasteiger partial charge in [-0.15, -0.1) is 0 Å². The van der Waals surface area contributed by atoms with Crippen LogP contribution in [-0.4, -0.2) is 6.61 Å². The molecule has 0 saturated heterocycles. The van der Waals surface area contributed by atoms with Gasteiger partial charge >= 0.3 is 0 Å². The van der Waals surface area contributed by atoms with E-state index in [-0.39, 0.29) is 5.69 Å². The smallest absolute Gasteiger partial charge is 0.263 e. The molecule has 0 spiro atoms. The van der Waals surface area contributed by atoms with Gasteiger partial charge in [0, 0.05) is 10.0 Å². The number of allylic oxidation sites excluding steroid dienone is 1. The van der Waals surface area contributed by atoms with Gasteiger partial charge in [-0.3, -0.25) is 0 Å². The summed E-state index contributed by atoms with van der Waals surface area (Å²) in [5, 5.41) is 0. The van der Waals surface area contributed by atoms with Gasteiger partial charge in [-0.2, -0.15) is 0 Å². The Labute approximate surface area is 95.3 Å². The number of halogens is 2. The van der Waals surface area contributed by atoms with E-state index in [1.54, 1.807) is 0 Å². The summed E-state index contributed by atoms with van der Waals surface area (Å²) in [6.07, 6.45) is 4.46. The Balaban J connectivity index is 2.68. The Kier molecular flexibility index (Phi) is 2.74. The summed E-state index contributed by atoms with van der Waals surface area (Å²) < 4.78 is 19.4. The molecule has 0 N–H and O–H groups in total. The van der Waals surface area contributed by atoms with E-state index >= 15 is 0 Å². The molecule has 2 rings (SSSR count). The summed E-state index contributed by atoms with van der Waals surface area (Å²) in [5.41, 5.74) is 0.799. The molecular weight excluding hydrogens is 261 g/mol. The minimum atomic E-state index is -0.544. The van der Waals surface area contributed by atoms with Gasteiger partial charge in [0.05, 0.1) is 6.57 Å². The van der Waals surface area contributed by atoms with E-state index in [2.05, 4.69) is 20.8 Å². The normalized spacial score (nSPS) is 13.7. The first-order chi connectivity index (χ1) is 7.24. The fourth-order valence-corrected chi connectivity index (χ4v) is 2.02. The number of fused-ring (bicyclic) bond motifs is 1. The van der Waals surface area contributed by atoms with E-state index in [1.807, 2.05) is 12.2 Å². The van der Waals surface area contributed by atoms with E-state index in [0.29, 0.717) is 23.2 Å². The lowest BCUT2D eigenvalue weighted by Crippen LogP contribution is -1.96. The molecular formula is C11H7BrFNO. The lowest BCUT2D eigenvalue weighted by molar-refractivity contribution is 0.363. The number of rotatable bonds is 0. The average Bonchev–Trinajstić information content (AvgIpc) is 2.44. The summed E-state index contributed by atoms with van der Waals surface area (Å²) in [5.74, 6) is -0.181. The van der Waals surface area contributed by atoms with Crippen molar-refractivity contribution in [1.82, 2.24) is 0 Å². The number of ether oxygens (including phenoxy) is 1. The zero-order valence-electron chi connectivity index (χ0n) is 7.76. The summed E-state index contributed by atoms with van der Waals surface area (Å²) in [6.45, 7) is 7.32. The van der Waals surface area contributed by atoms with Crippen LogP contribution in [0, 0.1) is 12.4 Å². The predicted octanol–water partition coefficient (Wildman–Crippen LogP) is 3.63. The lowest BCUT2D eigenvalue weighted by atomic mass is 10.1. The third kappa shape index (κ3) is 1.75. The monoisotopic (exact) mass is 267 g/mol. The van der Waals surface area contributed by atoms with Crippen LogP contribution >= 0.6 is 15.9 Å². The van der Waals surface area contributed by atoms with Gasteiger partial charge in [0.25, 0.3) is 5.69 Å². The van der Waals surface area contributed by atoms with Crippen molar-refractivity contribution < 1.29 is 9.13 Å². The van der Waals surface area contributed by atoms with Crippen LogP contribution in [0.25, 0.3) is 4.85 Å². The quantitative estimate of drug-likeness (QED) is 0.517. The minimum absolute atomic E-state index is 0.0306. The van der Waals surface area contributed by atoms with E-state index in [9.17, 15) is 4.39 Å². The second-order valence-corrected chi connectivity index (χ2v) is 3.95. The fourth-order valence-electron chi connectivity index (χ4n) is 1.48. The van der Waals surface area contributed by atoms with Crippen molar-refractivity contribution >= 4 is 21.6 Å². The predicted molar refractivity (Wildman–Crippen MR) is 58.7 cm³/mol. The first-order valence-corrected chi connectivity index (χ1v) is 5.19. The molecule has 0 unspecified atom stereocenters. The van der Waals surface area contributed by atoms with Crippen molar-refractivity contribution in [1.29, 1.82) is 0 Å². The SMILES string of the molecule is [C-]#[N+]c1c(F)cc(Br)c2c1OCC=CC2. The Hall–Kier alpha value is -1.34. The van der Waals surface area contributed by atoms with Gasteiger partial charge in [-0.1, -0.05) is 28.1 Å². The standard InChI is InChI=1S/C11H7BrFNO/c1-14-10-9(13)6-8(12)7-4-2-3-5-15-11(7)10/h2-3,6H,4-5H2. The highest BCUT2D eigenvalue weighted by Crippen LogP contribution is 2.40. The summed E-state index contributed by atoms with van der Waals surface area (Å²) >= 11 is 3.27. The molecule has 0 saturated carbocycles. The Morgan fingerprint density at radius 3 is 3.00 bits per heavy atom. The number of hydrogen-bond donors (Lipinski definition) is 0. The van der Waals surface area contributed by atoms with Gasteiger partial charge < -0.3 is 4.74 Å². The maximum atomic E-state index is 13.4. The van der Waals surface area contributed by atoms with Crippen molar-refractivity contribution in [3.05, 3.63) is 45.5 Å². The third-order valence-electron chi connectivity index (χ3n) is 2.18. The van der Waals surface area contributed by atoms with Crippen LogP contribution in [0.15, 0.2) is 22.7 Å². The van der Waals surface area contributed by atoms with Crippen molar-refractivity contribution in [2.75, 3.05) is 6.61 Å². The van der Waals surface area contributed by atoms with Gasteiger partial charge in [0.15, 0.2) is 0 Å². The fraction of sp³-hybridized carbons (Fsp3) is 0.182. The van der Waals surface area contributed by atoms with Gasteiger partial charge in [0.1, 0.15) is 18.2 Å². The maximum Gasteiger partial charge on any atom is 0.263 e. The van der Waals surface area contributed by atoms with Crippen LogP contribution in [0.1, 0.15) is 5.56 Å². The molecule has 0 aliphatic carbocycles. The highest BCUT2D eigenvalue weighted by molar-refractivity contribution is 9.10. The summed E-state index contributed by atoms with van der Waals surface area (Å²) in [6, 6.07) is 1.31. The van der Waals surface area contributed by atoms with E-state index < -0.39 is 5.82 Å². The van der Waals surface area contributed by atoms with Crippen LogP contribution < -0.4 is 4.74 Å². The van der Waals surface area contributed by atoms with Crippen LogP contribution in [0.2, 0.25) is 0 Å². The molecule has 1 aliphatic rings. The van der Waals surface area contributed by atoms with Crippen LogP contribution in [0.4, 0.5) is 10.1 Å². The molecule has 0 amide bonds. The van der Waals surface area contributed by atoms with E-state index in [1.165, 1.54) is 6.07 Å². The zero-order valence-corrected chi connectivity index (χ0v) is 9.34. The first-order valence-electron chi connectivity index (χ1n) is 4.40. The largest absolute Gasteiger partial charge is 0.500 e. The molecule has 0 atom stereocenters. The molecule has 1 aliphatic heterocycles. The van der Waals surface area contributed by atoms with Gasteiger partial charge in [0.2, 0.25) is 0 Å². The Morgan fingerprint density at radius 1 is 1.47 bits per heavy atom. The van der Waals surface area contributed by atoms with Crippen molar-refractivity contribution in [2.45, 2.75) is 6.42 Å². The molecule has 0 fully saturated rings. The van der Waals surface area contributed by atoms with Crippen molar-refractivity contribution in [3.8, 4) is 5.75 Å². The van der Waals surface area contributed by atoms with Crippen LogP contribution in [0.5, 0.6) is 5.75 Å². The molecule has 2 nitrogen and oxygen atoms in total. The highest BCUT2D eigenvalue weighted by Gasteiger charge is 2.19. The molecule has 0 radical (unpaired) electrons. The maximum absolute atomic E-state index is 13.4. The Morgan fingerprint density at radius 2 is 2.27 bits per heavy atom. The van der Waals surface area contributed by atoms with Gasteiger partial charge in [-0.05, 0) is 12.5 Å². The molecule has 0 aromatic heterocycles. The topological polar surface area (TPSA) is 13.6 Å². The molecule has 1 heterocycles. The number of nitrogens with zero attached hydrogens (tertiary/aromatic N) is 1. The number of hydrogen-bond acceptors (Lipinski definition) is 1. The summed E-state index contributed by atoms with van der Waals surface area (Å²) in [7, 11) is 0. The molecule has 1 aromatic carbocycles. The third-order valence-corrected chi connectivity index (χ3v) is 2.89. The summed E-state index contributed by atoms with van der Waals surface area (Å²) in [4.78, 5) is 3.17. The number of benzene rings is 1. The highest BCUT2D eigenvalue weighted by atomic mass is 79.9. The second-order valence-electron chi connectivity index (χ2n) is 3.09. The van der Waals surface area contributed by atoms with Crippen LogP contribution in [-0.2, 0) is 6.42 Å². The molecule has 4 heteroatoms. The molecule has 1 aromatic rings. The van der Waals surface area contributed by atoms with Gasteiger partial charge in [-0.25, -0.2) is 9.24 Å². The minimum Gasteiger partial charge on any atom is -0.500 e. The molecule has 76 valence electrons. The van der Waals surface area contributed by atoms with Crippen molar-refractivity contribution in [3.63, 3.8) is 0 Å². The molecule has 0 bridgehead atoms. The molecule has 15 heavy (non-hydrogen) atoms. The van der Waals surface area contributed by atoms with E-state index in [0.717, 1.165) is 5.56 Å². The van der Waals surface area contributed by atoms with Crippen LogP contribution in [0.3, 0.4) is 0 Å².